The van der Waals surface area contributed by atoms with Crippen LogP contribution < -0.4 is 4.74 Å². The molecule has 1 aromatic heterocycles. The van der Waals surface area contributed by atoms with Gasteiger partial charge in [0.2, 0.25) is 11.5 Å². The van der Waals surface area contributed by atoms with Gasteiger partial charge < -0.3 is 14.3 Å². The van der Waals surface area contributed by atoms with Crippen molar-refractivity contribution in [1.82, 2.24) is 0 Å². The summed E-state index contributed by atoms with van der Waals surface area (Å²) in [7, 11) is 0. The summed E-state index contributed by atoms with van der Waals surface area (Å²) in [6.07, 6.45) is 20.5. The van der Waals surface area contributed by atoms with Gasteiger partial charge in [0.05, 0.1) is 0 Å². The van der Waals surface area contributed by atoms with Crippen LogP contribution in [0, 0.1) is 6.92 Å². The number of carbonyl (C=O) groups is 1. The zero-order valence-corrected chi connectivity index (χ0v) is 19.2. The van der Waals surface area contributed by atoms with E-state index in [-0.39, 0.29) is 17.5 Å². The van der Waals surface area contributed by atoms with Gasteiger partial charge in [-0.05, 0) is 13.3 Å². The molecule has 0 aromatic carbocycles. The summed E-state index contributed by atoms with van der Waals surface area (Å²) in [5.74, 6) is 0.797. The molecule has 0 unspecified atom stereocenters. The van der Waals surface area contributed by atoms with Crippen molar-refractivity contribution in [3.8, 4) is 11.5 Å². The summed E-state index contributed by atoms with van der Waals surface area (Å²) in [5, 5.41) is 9.99. The number of ether oxygens (including phenoxy) is 1. The number of aryl methyl sites for hydroxylation is 2. The molecular weight excluding hydrogens is 364 g/mol. The van der Waals surface area contributed by atoms with E-state index < -0.39 is 0 Å². The first kappa shape index (κ1) is 25.6. The second kappa shape index (κ2) is 16.4. The Kier molecular flexibility index (Phi) is 14.4. The van der Waals surface area contributed by atoms with Crippen LogP contribution in [0.1, 0.15) is 128 Å². The summed E-state index contributed by atoms with van der Waals surface area (Å²) in [5.41, 5.74) is 0. The Morgan fingerprint density at radius 1 is 0.793 bits per heavy atom. The number of aromatic hydroxyl groups is 1. The molecule has 1 aromatic rings. The highest BCUT2D eigenvalue weighted by Crippen LogP contribution is 2.37. The van der Waals surface area contributed by atoms with Gasteiger partial charge in [0.15, 0.2) is 0 Å². The Labute approximate surface area is 178 Å². The lowest BCUT2D eigenvalue weighted by Crippen LogP contribution is -2.07. The van der Waals surface area contributed by atoms with Crippen molar-refractivity contribution in [2.45, 2.75) is 130 Å². The van der Waals surface area contributed by atoms with Crippen molar-refractivity contribution in [1.29, 1.82) is 0 Å². The maximum absolute atomic E-state index is 12.0. The first-order chi connectivity index (χ1) is 14.1. The summed E-state index contributed by atoms with van der Waals surface area (Å²) < 4.78 is 10.7. The average molecular weight is 409 g/mol. The van der Waals surface area contributed by atoms with Gasteiger partial charge in [0.1, 0.15) is 11.5 Å². The third-order valence-electron chi connectivity index (χ3n) is 5.60. The lowest BCUT2D eigenvalue weighted by molar-refractivity contribution is -0.134. The number of carbonyl (C=O) groups excluding carboxylic acids is 1. The van der Waals surface area contributed by atoms with E-state index in [0.717, 1.165) is 12.8 Å². The van der Waals surface area contributed by atoms with Crippen LogP contribution in [0.2, 0.25) is 0 Å². The minimum absolute atomic E-state index is 0.0326. The Morgan fingerprint density at radius 2 is 1.24 bits per heavy atom. The Bertz CT molecular complexity index is 547. The predicted octanol–water partition coefficient (Wildman–Crippen LogP) is 8.02. The van der Waals surface area contributed by atoms with Crippen LogP contribution in [0.4, 0.5) is 0 Å². The molecule has 1 N–H and O–H groups in total. The fourth-order valence-electron chi connectivity index (χ4n) is 3.74. The highest BCUT2D eigenvalue weighted by atomic mass is 16.6. The van der Waals surface area contributed by atoms with Gasteiger partial charge in [-0.15, -0.1) is 0 Å². The molecule has 0 aliphatic heterocycles. The lowest BCUT2D eigenvalue weighted by Gasteiger charge is -2.04. The molecule has 29 heavy (non-hydrogen) atoms. The van der Waals surface area contributed by atoms with Crippen LogP contribution >= 0.6 is 0 Å². The van der Waals surface area contributed by atoms with Crippen molar-refractivity contribution in [2.75, 3.05) is 0 Å². The molecule has 0 fully saturated rings. The molecule has 1 heterocycles. The molecule has 168 valence electrons. The summed E-state index contributed by atoms with van der Waals surface area (Å²) in [6, 6.07) is 0. The van der Waals surface area contributed by atoms with E-state index >= 15 is 0 Å². The Morgan fingerprint density at radius 3 is 1.66 bits per heavy atom. The molecular formula is C25H44O4. The SMILES string of the molecule is CCCCCCCCCCCCCCCCCC(=O)Oc1c(C)oc(CC)c1O. The van der Waals surface area contributed by atoms with Crippen molar-refractivity contribution >= 4 is 5.97 Å². The van der Waals surface area contributed by atoms with Gasteiger partial charge in [-0.25, -0.2) is 0 Å². The van der Waals surface area contributed by atoms with Crippen LogP contribution in [-0.4, -0.2) is 11.1 Å². The van der Waals surface area contributed by atoms with Gasteiger partial charge in [-0.2, -0.15) is 0 Å². The molecule has 0 radical (unpaired) electrons. The number of rotatable bonds is 18. The number of hydrogen-bond acceptors (Lipinski definition) is 4. The second-order valence-electron chi connectivity index (χ2n) is 8.29. The fourth-order valence-corrected chi connectivity index (χ4v) is 3.74. The molecule has 4 nitrogen and oxygen atoms in total. The molecule has 0 atom stereocenters. The molecule has 0 spiro atoms. The Hall–Kier alpha value is -1.45. The van der Waals surface area contributed by atoms with Gasteiger partial charge in [-0.1, -0.05) is 104 Å². The summed E-state index contributed by atoms with van der Waals surface area (Å²) in [4.78, 5) is 12.0. The quantitative estimate of drug-likeness (QED) is 0.197. The van der Waals surface area contributed by atoms with E-state index in [0.29, 0.717) is 24.4 Å². The molecule has 4 heteroatoms. The standard InChI is InChI=1S/C25H44O4/c1-4-6-7-8-9-10-11-12-13-14-15-16-17-18-19-20-23(26)29-25-21(3)28-22(5-2)24(25)27/h27H,4-20H2,1-3H3. The van der Waals surface area contributed by atoms with Gasteiger partial charge >= 0.3 is 5.97 Å². The van der Waals surface area contributed by atoms with Crippen molar-refractivity contribution < 1.29 is 19.1 Å². The van der Waals surface area contributed by atoms with Crippen molar-refractivity contribution in [2.24, 2.45) is 0 Å². The number of esters is 1. The minimum Gasteiger partial charge on any atom is -0.502 e. The number of furan rings is 1. The first-order valence-electron chi connectivity index (χ1n) is 12.1. The topological polar surface area (TPSA) is 59.7 Å². The summed E-state index contributed by atoms with van der Waals surface area (Å²) >= 11 is 0. The molecule has 0 amide bonds. The van der Waals surface area contributed by atoms with Crippen LogP contribution in [-0.2, 0) is 11.2 Å². The highest BCUT2D eigenvalue weighted by Gasteiger charge is 2.19. The van der Waals surface area contributed by atoms with Crippen LogP contribution in [0.25, 0.3) is 0 Å². The smallest absolute Gasteiger partial charge is 0.311 e. The monoisotopic (exact) mass is 408 g/mol. The maximum atomic E-state index is 12.0. The van der Waals surface area contributed by atoms with Gasteiger partial charge in [0.25, 0.3) is 0 Å². The van der Waals surface area contributed by atoms with Crippen molar-refractivity contribution in [3.63, 3.8) is 0 Å². The van der Waals surface area contributed by atoms with Crippen LogP contribution in [0.3, 0.4) is 0 Å². The zero-order chi connectivity index (χ0) is 21.3. The molecule has 0 aliphatic carbocycles. The lowest BCUT2D eigenvalue weighted by atomic mass is 10.0. The van der Waals surface area contributed by atoms with E-state index in [1.165, 1.54) is 83.5 Å². The number of hydrogen-bond donors (Lipinski definition) is 1. The Balaban J connectivity index is 1.92. The maximum Gasteiger partial charge on any atom is 0.311 e. The number of unbranched alkanes of at least 4 members (excludes halogenated alkanes) is 14. The van der Waals surface area contributed by atoms with Crippen molar-refractivity contribution in [3.05, 3.63) is 11.5 Å². The molecule has 1 rings (SSSR count). The normalized spacial score (nSPS) is 11.1. The van der Waals surface area contributed by atoms with E-state index in [1.807, 2.05) is 6.92 Å². The third-order valence-corrected chi connectivity index (χ3v) is 5.60. The van der Waals surface area contributed by atoms with E-state index in [9.17, 15) is 9.90 Å². The van der Waals surface area contributed by atoms with Crippen LogP contribution in [0.15, 0.2) is 4.42 Å². The molecule has 0 bridgehead atoms. The molecule has 0 saturated carbocycles. The molecule has 0 saturated heterocycles. The molecule has 0 aliphatic rings. The highest BCUT2D eigenvalue weighted by molar-refractivity contribution is 5.73. The van der Waals surface area contributed by atoms with Gasteiger partial charge in [0, 0.05) is 12.8 Å². The average Bonchev–Trinajstić information content (AvgIpc) is 2.98. The van der Waals surface area contributed by atoms with Crippen LogP contribution in [0.5, 0.6) is 11.5 Å². The van der Waals surface area contributed by atoms with Gasteiger partial charge in [-0.3, -0.25) is 4.79 Å². The van der Waals surface area contributed by atoms with E-state index in [1.54, 1.807) is 6.92 Å². The minimum atomic E-state index is -0.290. The van der Waals surface area contributed by atoms with E-state index in [4.69, 9.17) is 9.15 Å². The largest absolute Gasteiger partial charge is 0.502 e. The fraction of sp³-hybridized carbons (Fsp3) is 0.800. The third kappa shape index (κ3) is 11.3. The zero-order valence-electron chi connectivity index (χ0n) is 19.2. The summed E-state index contributed by atoms with van der Waals surface area (Å²) in [6.45, 7) is 5.86. The second-order valence-corrected chi connectivity index (χ2v) is 8.29. The van der Waals surface area contributed by atoms with E-state index in [2.05, 4.69) is 6.92 Å². The first-order valence-corrected chi connectivity index (χ1v) is 12.1. The predicted molar refractivity (Wildman–Crippen MR) is 120 cm³/mol.